The summed E-state index contributed by atoms with van der Waals surface area (Å²) in [4.78, 5) is 2.55. The van der Waals surface area contributed by atoms with Crippen LogP contribution in [0.5, 0.6) is 5.75 Å². The van der Waals surface area contributed by atoms with E-state index in [1.807, 2.05) is 36.4 Å². The van der Waals surface area contributed by atoms with Gasteiger partial charge in [0.1, 0.15) is 5.75 Å². The van der Waals surface area contributed by atoms with Crippen LogP contribution >= 0.6 is 22.6 Å². The van der Waals surface area contributed by atoms with Gasteiger partial charge in [0.2, 0.25) is 0 Å². The van der Waals surface area contributed by atoms with E-state index in [0.29, 0.717) is 17.2 Å². The smallest absolute Gasteiger partial charge is 0.181 e. The Morgan fingerprint density at radius 3 is 2.48 bits per heavy atom. The monoisotopic (exact) mass is 499 g/mol. The number of nitrogens with zero attached hydrogens (tertiary/aromatic N) is 1. The number of hydrogen-bond acceptors (Lipinski definition) is 4. The molecule has 2 aromatic carbocycles. The predicted molar refractivity (Wildman–Crippen MR) is 119 cm³/mol. The molecule has 0 aromatic heterocycles. The molecule has 3 rings (SSSR count). The SMILES string of the molecule is CCCC1(CC)CN(c2ccccc2)c2cc(I)c(OC)cc2S(=O)(=O)C1. The van der Waals surface area contributed by atoms with E-state index in [1.54, 1.807) is 13.2 Å². The highest BCUT2D eigenvalue weighted by Crippen LogP contribution is 2.45. The average Bonchev–Trinajstić information content (AvgIpc) is 2.75. The molecule has 1 aliphatic heterocycles. The predicted octanol–water partition coefficient (Wildman–Crippen LogP) is 5.42. The third kappa shape index (κ3) is 3.97. The summed E-state index contributed by atoms with van der Waals surface area (Å²) in [6.07, 6.45) is 2.67. The zero-order valence-electron chi connectivity index (χ0n) is 16.0. The zero-order chi connectivity index (χ0) is 19.7. The van der Waals surface area contributed by atoms with Gasteiger partial charge in [-0.25, -0.2) is 8.42 Å². The Hall–Kier alpha value is -1.28. The lowest BCUT2D eigenvalue weighted by atomic mass is 9.82. The van der Waals surface area contributed by atoms with Crippen LogP contribution in [0, 0.1) is 8.99 Å². The molecular formula is C21H26INO3S. The minimum atomic E-state index is -3.44. The summed E-state index contributed by atoms with van der Waals surface area (Å²) in [5.74, 6) is 0.773. The number of sulfone groups is 1. The molecular weight excluding hydrogens is 473 g/mol. The number of anilines is 2. The first-order chi connectivity index (χ1) is 12.9. The van der Waals surface area contributed by atoms with Crippen LogP contribution in [0.1, 0.15) is 33.1 Å². The highest BCUT2D eigenvalue weighted by atomic mass is 127. The van der Waals surface area contributed by atoms with Crippen molar-refractivity contribution in [1.29, 1.82) is 0 Å². The van der Waals surface area contributed by atoms with Crippen molar-refractivity contribution in [3.63, 3.8) is 0 Å². The highest BCUT2D eigenvalue weighted by molar-refractivity contribution is 14.1. The quantitative estimate of drug-likeness (QED) is 0.516. The van der Waals surface area contributed by atoms with Crippen molar-refractivity contribution in [2.75, 3.05) is 24.3 Å². The molecule has 0 N–H and O–H groups in total. The van der Waals surface area contributed by atoms with E-state index in [9.17, 15) is 8.42 Å². The molecule has 1 heterocycles. The number of rotatable bonds is 5. The molecule has 146 valence electrons. The molecule has 0 saturated heterocycles. The number of hydrogen-bond donors (Lipinski definition) is 0. The van der Waals surface area contributed by atoms with Crippen LogP contribution in [0.2, 0.25) is 0 Å². The van der Waals surface area contributed by atoms with Crippen molar-refractivity contribution in [2.24, 2.45) is 5.41 Å². The van der Waals surface area contributed by atoms with Crippen LogP contribution in [0.3, 0.4) is 0 Å². The summed E-state index contributed by atoms with van der Waals surface area (Å²) in [6, 6.07) is 13.7. The van der Waals surface area contributed by atoms with Crippen molar-refractivity contribution in [3.8, 4) is 5.75 Å². The molecule has 1 atom stereocenters. The minimum absolute atomic E-state index is 0.171. The first kappa shape index (κ1) is 20.5. The summed E-state index contributed by atoms with van der Waals surface area (Å²) >= 11 is 2.21. The second kappa shape index (κ2) is 7.99. The molecule has 0 amide bonds. The summed E-state index contributed by atoms with van der Waals surface area (Å²) in [6.45, 7) is 4.92. The fraction of sp³-hybridized carbons (Fsp3) is 0.429. The Balaban J connectivity index is 2.29. The minimum Gasteiger partial charge on any atom is -0.496 e. The Kier molecular flexibility index (Phi) is 6.05. The summed E-state index contributed by atoms with van der Waals surface area (Å²) in [5.41, 5.74) is 1.49. The van der Waals surface area contributed by atoms with Crippen LogP contribution in [0.25, 0.3) is 0 Å². The van der Waals surface area contributed by atoms with Gasteiger partial charge in [-0.05, 0) is 53.6 Å². The first-order valence-electron chi connectivity index (χ1n) is 9.28. The summed E-state index contributed by atoms with van der Waals surface area (Å²) in [5, 5.41) is 0. The highest BCUT2D eigenvalue weighted by Gasteiger charge is 2.41. The maximum absolute atomic E-state index is 13.4. The number of fused-ring (bicyclic) bond motifs is 1. The van der Waals surface area contributed by atoms with Gasteiger partial charge < -0.3 is 9.64 Å². The van der Waals surface area contributed by atoms with E-state index in [2.05, 4.69) is 41.3 Å². The summed E-state index contributed by atoms with van der Waals surface area (Å²) < 4.78 is 33.2. The van der Waals surface area contributed by atoms with Gasteiger partial charge in [-0.3, -0.25) is 0 Å². The van der Waals surface area contributed by atoms with Crippen LogP contribution in [0.15, 0.2) is 47.4 Å². The van der Waals surface area contributed by atoms with Gasteiger partial charge in [-0.15, -0.1) is 0 Å². The third-order valence-electron chi connectivity index (χ3n) is 5.45. The van der Waals surface area contributed by atoms with E-state index in [-0.39, 0.29) is 11.2 Å². The summed E-state index contributed by atoms with van der Waals surface area (Å²) in [7, 11) is -1.86. The van der Waals surface area contributed by atoms with E-state index in [4.69, 9.17) is 4.74 Å². The molecule has 0 radical (unpaired) electrons. The molecule has 0 bridgehead atoms. The Morgan fingerprint density at radius 2 is 1.89 bits per heavy atom. The second-order valence-electron chi connectivity index (χ2n) is 7.24. The van der Waals surface area contributed by atoms with Crippen LogP contribution in [-0.2, 0) is 9.84 Å². The van der Waals surface area contributed by atoms with Crippen molar-refractivity contribution < 1.29 is 13.2 Å². The van der Waals surface area contributed by atoms with Gasteiger partial charge in [0.05, 0.1) is 27.0 Å². The lowest BCUT2D eigenvalue weighted by molar-refractivity contribution is 0.296. The topological polar surface area (TPSA) is 46.6 Å². The van der Waals surface area contributed by atoms with Crippen LogP contribution < -0.4 is 9.64 Å². The number of halogens is 1. The van der Waals surface area contributed by atoms with Gasteiger partial charge in [0.15, 0.2) is 9.84 Å². The Bertz CT molecular complexity index is 915. The third-order valence-corrected chi connectivity index (χ3v) is 8.28. The molecule has 0 aliphatic carbocycles. The fourth-order valence-corrected chi connectivity index (χ4v) is 6.84. The van der Waals surface area contributed by atoms with Crippen LogP contribution in [-0.4, -0.2) is 27.8 Å². The molecule has 6 heteroatoms. The largest absolute Gasteiger partial charge is 0.496 e. The standard InChI is InChI=1S/C21H26INO3S/c1-4-11-21(5-2)14-23(16-9-7-6-8-10-16)18-12-17(22)19(26-3)13-20(18)27(24,25)15-21/h6-10,12-13H,4-5,11,14-15H2,1-3H3. The maximum atomic E-state index is 13.4. The first-order valence-corrected chi connectivity index (χ1v) is 12.0. The number of benzene rings is 2. The van der Waals surface area contributed by atoms with E-state index >= 15 is 0 Å². The van der Waals surface area contributed by atoms with Gasteiger partial charge in [-0.1, -0.05) is 38.5 Å². The molecule has 1 aliphatic rings. The van der Waals surface area contributed by atoms with Gasteiger partial charge >= 0.3 is 0 Å². The zero-order valence-corrected chi connectivity index (χ0v) is 19.0. The number of methoxy groups -OCH3 is 1. The molecule has 0 saturated carbocycles. The van der Waals surface area contributed by atoms with Crippen LogP contribution in [0.4, 0.5) is 11.4 Å². The Labute approximate surface area is 176 Å². The number of para-hydroxylation sites is 1. The molecule has 0 fully saturated rings. The molecule has 2 aromatic rings. The van der Waals surface area contributed by atoms with Gasteiger partial charge in [0.25, 0.3) is 0 Å². The number of ether oxygens (including phenoxy) is 1. The molecule has 27 heavy (non-hydrogen) atoms. The van der Waals surface area contributed by atoms with E-state index < -0.39 is 9.84 Å². The van der Waals surface area contributed by atoms with E-state index in [0.717, 1.165) is 34.2 Å². The normalized spacial score (nSPS) is 21.4. The van der Waals surface area contributed by atoms with Gasteiger partial charge in [0, 0.05) is 23.7 Å². The fourth-order valence-electron chi connectivity index (χ4n) is 4.00. The van der Waals surface area contributed by atoms with Crippen molar-refractivity contribution in [2.45, 2.75) is 38.0 Å². The lowest BCUT2D eigenvalue weighted by Gasteiger charge is -2.36. The Morgan fingerprint density at radius 1 is 1.19 bits per heavy atom. The van der Waals surface area contributed by atoms with Crippen molar-refractivity contribution in [1.82, 2.24) is 0 Å². The maximum Gasteiger partial charge on any atom is 0.181 e. The lowest BCUT2D eigenvalue weighted by Crippen LogP contribution is -2.37. The molecule has 0 spiro atoms. The van der Waals surface area contributed by atoms with Gasteiger partial charge in [-0.2, -0.15) is 0 Å². The average molecular weight is 499 g/mol. The van der Waals surface area contributed by atoms with Crippen molar-refractivity contribution in [3.05, 3.63) is 46.0 Å². The van der Waals surface area contributed by atoms with Crippen molar-refractivity contribution >= 4 is 43.8 Å². The van der Waals surface area contributed by atoms with E-state index in [1.165, 1.54) is 0 Å². The molecule has 1 unspecified atom stereocenters. The molecule has 4 nitrogen and oxygen atoms in total. The second-order valence-corrected chi connectivity index (χ2v) is 10.4.